The van der Waals surface area contributed by atoms with E-state index in [4.69, 9.17) is 18.9 Å². The van der Waals surface area contributed by atoms with Gasteiger partial charge in [0.2, 0.25) is 0 Å². The summed E-state index contributed by atoms with van der Waals surface area (Å²) >= 11 is 0. The highest BCUT2D eigenvalue weighted by Gasteiger charge is 2.63. The third-order valence-corrected chi connectivity index (χ3v) is 6.28. The molecule has 0 aromatic rings. The molecule has 0 amide bonds. The summed E-state index contributed by atoms with van der Waals surface area (Å²) in [5.41, 5.74) is -2.23. The van der Waals surface area contributed by atoms with Gasteiger partial charge in [0.15, 0.2) is 23.6 Å². The van der Waals surface area contributed by atoms with E-state index in [-0.39, 0.29) is 17.1 Å². The predicted octanol–water partition coefficient (Wildman–Crippen LogP) is 1.27. The molecular formula is C23H30O9. The minimum atomic E-state index is -2.28. The smallest absolute Gasteiger partial charge is 0.334 e. The standard InChI is InChI=1S/C23H30O9/c1-9(2)20(25)31-16-14-12(6)22(27)29-13(14)8-11(5)15-17(30-15)18(24)23(7,28)19(16)32-21(26)10(3)4/h10-11,13-17,19,28H,1,6,8H2,2-5,7H3/t11-,13-,14+,15+,16+,17+,19-,23-/m1/s1. The van der Waals surface area contributed by atoms with Crippen molar-refractivity contribution in [3.05, 3.63) is 24.3 Å². The number of fused-ring (bicyclic) bond motifs is 2. The molecule has 3 fully saturated rings. The number of rotatable bonds is 4. The van der Waals surface area contributed by atoms with Crippen LogP contribution in [-0.2, 0) is 38.1 Å². The number of aliphatic hydroxyl groups is 1. The summed E-state index contributed by atoms with van der Waals surface area (Å²) in [7, 11) is 0. The van der Waals surface area contributed by atoms with Gasteiger partial charge in [-0.2, -0.15) is 0 Å². The number of Topliss-reactive ketones (excluding diaryl/α,β-unsaturated/α-hetero) is 1. The zero-order valence-electron chi connectivity index (χ0n) is 19.0. The first kappa shape index (κ1) is 24.1. The molecule has 176 valence electrons. The molecule has 8 atom stereocenters. The van der Waals surface area contributed by atoms with Crippen molar-refractivity contribution in [1.82, 2.24) is 0 Å². The van der Waals surface area contributed by atoms with Crippen molar-refractivity contribution in [3.8, 4) is 0 Å². The number of hydrogen-bond acceptors (Lipinski definition) is 9. The highest BCUT2D eigenvalue weighted by Crippen LogP contribution is 2.45. The van der Waals surface area contributed by atoms with Crippen LogP contribution < -0.4 is 0 Å². The van der Waals surface area contributed by atoms with Crippen molar-refractivity contribution in [2.75, 3.05) is 0 Å². The molecule has 0 aromatic carbocycles. The third kappa shape index (κ3) is 4.23. The molecule has 2 aliphatic heterocycles. The van der Waals surface area contributed by atoms with Crippen molar-refractivity contribution in [2.24, 2.45) is 17.8 Å². The van der Waals surface area contributed by atoms with Crippen LogP contribution in [0.15, 0.2) is 24.3 Å². The van der Waals surface area contributed by atoms with Gasteiger partial charge >= 0.3 is 17.9 Å². The largest absolute Gasteiger partial charge is 0.458 e. The first-order valence-corrected chi connectivity index (χ1v) is 10.7. The number of ether oxygens (including phenoxy) is 4. The van der Waals surface area contributed by atoms with Crippen molar-refractivity contribution < 1.29 is 43.2 Å². The average Bonchev–Trinajstić information content (AvgIpc) is 3.45. The van der Waals surface area contributed by atoms with Crippen molar-refractivity contribution in [2.45, 2.75) is 77.2 Å². The Kier molecular flexibility index (Phi) is 6.36. The zero-order chi connectivity index (χ0) is 24.1. The van der Waals surface area contributed by atoms with E-state index in [2.05, 4.69) is 13.2 Å². The molecule has 0 bridgehead atoms. The molecule has 0 spiro atoms. The fourth-order valence-electron chi connectivity index (χ4n) is 4.26. The molecule has 9 heteroatoms. The Hall–Kier alpha value is -2.52. The van der Waals surface area contributed by atoms with Crippen LogP contribution >= 0.6 is 0 Å². The van der Waals surface area contributed by atoms with Crippen LogP contribution in [0, 0.1) is 17.8 Å². The topological polar surface area (TPSA) is 129 Å². The third-order valence-electron chi connectivity index (χ3n) is 6.28. The maximum atomic E-state index is 13.2. The Morgan fingerprint density at radius 2 is 1.88 bits per heavy atom. The van der Waals surface area contributed by atoms with Gasteiger partial charge in [-0.1, -0.05) is 33.9 Å². The van der Waals surface area contributed by atoms with Gasteiger partial charge in [0.05, 0.1) is 17.9 Å². The van der Waals surface area contributed by atoms with E-state index in [9.17, 15) is 24.3 Å². The Labute approximate surface area is 186 Å². The zero-order valence-corrected chi connectivity index (χ0v) is 19.0. The van der Waals surface area contributed by atoms with Gasteiger partial charge in [-0.25, -0.2) is 9.59 Å². The summed E-state index contributed by atoms with van der Waals surface area (Å²) in [6.45, 7) is 15.0. The second-order valence-corrected chi connectivity index (χ2v) is 9.40. The van der Waals surface area contributed by atoms with Gasteiger partial charge in [-0.15, -0.1) is 0 Å². The number of hydrogen-bond donors (Lipinski definition) is 1. The molecule has 1 aliphatic carbocycles. The second kappa shape index (κ2) is 8.44. The lowest BCUT2D eigenvalue weighted by molar-refractivity contribution is -0.199. The molecule has 2 heterocycles. The maximum Gasteiger partial charge on any atom is 0.334 e. The molecular weight excluding hydrogens is 420 g/mol. The lowest BCUT2D eigenvalue weighted by atomic mass is 9.75. The van der Waals surface area contributed by atoms with Gasteiger partial charge in [0.1, 0.15) is 12.2 Å². The summed E-state index contributed by atoms with van der Waals surface area (Å²) in [6.07, 6.45) is -4.91. The van der Waals surface area contributed by atoms with Gasteiger partial charge in [0, 0.05) is 11.1 Å². The number of carbonyl (C=O) groups excluding carboxylic acids is 4. The Morgan fingerprint density at radius 3 is 2.44 bits per heavy atom. The highest BCUT2D eigenvalue weighted by atomic mass is 16.6. The van der Waals surface area contributed by atoms with E-state index >= 15 is 0 Å². The normalized spacial score (nSPS) is 39.0. The summed E-state index contributed by atoms with van der Waals surface area (Å²) in [5.74, 6) is -4.67. The van der Waals surface area contributed by atoms with E-state index in [0.29, 0.717) is 6.42 Å². The number of epoxide rings is 1. The van der Waals surface area contributed by atoms with Crippen LogP contribution in [0.5, 0.6) is 0 Å². The maximum absolute atomic E-state index is 13.2. The first-order valence-electron chi connectivity index (χ1n) is 10.7. The average molecular weight is 450 g/mol. The minimum absolute atomic E-state index is 0.00407. The van der Waals surface area contributed by atoms with E-state index in [0.717, 1.165) is 0 Å². The summed E-state index contributed by atoms with van der Waals surface area (Å²) in [6, 6.07) is 0. The molecule has 3 rings (SSSR count). The lowest BCUT2D eigenvalue weighted by Gasteiger charge is -2.40. The van der Waals surface area contributed by atoms with E-state index in [1.807, 2.05) is 6.92 Å². The molecule has 2 saturated heterocycles. The molecule has 0 unspecified atom stereocenters. The van der Waals surface area contributed by atoms with Crippen LogP contribution in [0.25, 0.3) is 0 Å². The summed E-state index contributed by atoms with van der Waals surface area (Å²) in [5, 5.41) is 11.4. The molecule has 1 saturated carbocycles. The van der Waals surface area contributed by atoms with E-state index < -0.39 is 71.6 Å². The number of carbonyl (C=O) groups is 4. The Bertz CT molecular complexity index is 871. The second-order valence-electron chi connectivity index (χ2n) is 9.40. The molecule has 0 radical (unpaired) electrons. The number of esters is 3. The van der Waals surface area contributed by atoms with Crippen LogP contribution in [0.4, 0.5) is 0 Å². The molecule has 3 aliphatic rings. The molecule has 1 N–H and O–H groups in total. The van der Waals surface area contributed by atoms with Crippen molar-refractivity contribution in [3.63, 3.8) is 0 Å². The fraction of sp³-hybridized carbons (Fsp3) is 0.652. The summed E-state index contributed by atoms with van der Waals surface area (Å²) in [4.78, 5) is 50.7. The van der Waals surface area contributed by atoms with Crippen LogP contribution in [0.1, 0.15) is 41.0 Å². The highest BCUT2D eigenvalue weighted by molar-refractivity contribution is 5.95. The quantitative estimate of drug-likeness (QED) is 0.291. The first-order chi connectivity index (χ1) is 14.8. The monoisotopic (exact) mass is 450 g/mol. The SMILES string of the molecule is C=C(C)C(=O)O[C@H]1[C@H]2C(=C)C(=O)O[C@@H]2C[C@@H](C)[C@@H]2O[C@@H]2C(=O)[C@@](C)(O)[C@@H]1OC(=O)C(C)C. The number of ketones is 1. The summed E-state index contributed by atoms with van der Waals surface area (Å²) < 4.78 is 22.2. The van der Waals surface area contributed by atoms with Gasteiger partial charge in [0.25, 0.3) is 0 Å². The van der Waals surface area contributed by atoms with Gasteiger partial charge in [-0.05, 0) is 26.2 Å². The van der Waals surface area contributed by atoms with Gasteiger partial charge < -0.3 is 24.1 Å². The van der Waals surface area contributed by atoms with Crippen LogP contribution in [-0.4, -0.2) is 64.9 Å². The molecule has 9 nitrogen and oxygen atoms in total. The lowest BCUT2D eigenvalue weighted by Crippen LogP contribution is -2.60. The van der Waals surface area contributed by atoms with Crippen LogP contribution in [0.3, 0.4) is 0 Å². The molecule has 32 heavy (non-hydrogen) atoms. The molecule has 0 aromatic heterocycles. The van der Waals surface area contributed by atoms with Crippen molar-refractivity contribution in [1.29, 1.82) is 0 Å². The predicted molar refractivity (Wildman–Crippen MR) is 110 cm³/mol. The van der Waals surface area contributed by atoms with Gasteiger partial charge in [-0.3, -0.25) is 9.59 Å². The Morgan fingerprint density at radius 1 is 1.25 bits per heavy atom. The van der Waals surface area contributed by atoms with E-state index in [1.165, 1.54) is 13.8 Å². The minimum Gasteiger partial charge on any atom is -0.458 e. The van der Waals surface area contributed by atoms with E-state index in [1.54, 1.807) is 13.8 Å². The Balaban J connectivity index is 2.15. The fourth-order valence-corrected chi connectivity index (χ4v) is 4.26. The van der Waals surface area contributed by atoms with Crippen LogP contribution in [0.2, 0.25) is 0 Å². The van der Waals surface area contributed by atoms with Crippen molar-refractivity contribution >= 4 is 23.7 Å².